The largest absolute Gasteiger partial charge is 0.481 e. The van der Waals surface area contributed by atoms with Gasteiger partial charge in [0.15, 0.2) is 0 Å². The van der Waals surface area contributed by atoms with Gasteiger partial charge in [-0.15, -0.1) is 0 Å². The summed E-state index contributed by atoms with van der Waals surface area (Å²) < 4.78 is 0. The molecule has 0 aliphatic rings. The average Bonchev–Trinajstić information content (AvgIpc) is 2.42. The van der Waals surface area contributed by atoms with E-state index in [9.17, 15) is 9.59 Å². The minimum Gasteiger partial charge on any atom is -0.481 e. The molecule has 0 heterocycles. The highest BCUT2D eigenvalue weighted by molar-refractivity contribution is 5.91. The monoisotopic (exact) mass is 292 g/mol. The molecule has 0 aromatic heterocycles. The van der Waals surface area contributed by atoms with Gasteiger partial charge in [-0.25, -0.2) is 4.79 Å². The van der Waals surface area contributed by atoms with E-state index in [4.69, 9.17) is 5.11 Å². The van der Waals surface area contributed by atoms with Crippen LogP contribution in [0.1, 0.15) is 32.3 Å². The van der Waals surface area contributed by atoms with Gasteiger partial charge in [-0.05, 0) is 39.3 Å². The van der Waals surface area contributed by atoms with Crippen LogP contribution < -0.4 is 4.90 Å². The zero-order valence-corrected chi connectivity index (χ0v) is 13.2. The predicted octanol–water partition coefficient (Wildman–Crippen LogP) is 3.13. The van der Waals surface area contributed by atoms with Crippen LogP contribution in [-0.2, 0) is 4.79 Å². The van der Waals surface area contributed by atoms with E-state index in [-0.39, 0.29) is 18.5 Å². The molecule has 5 heteroatoms. The predicted molar refractivity (Wildman–Crippen MR) is 83.7 cm³/mol. The van der Waals surface area contributed by atoms with Gasteiger partial charge in [-0.1, -0.05) is 17.7 Å². The number of hydrogen-bond donors (Lipinski definition) is 1. The number of anilines is 1. The number of amides is 2. The number of hydrogen-bond acceptors (Lipinski definition) is 2. The molecule has 1 aromatic carbocycles. The van der Waals surface area contributed by atoms with E-state index in [1.165, 1.54) is 0 Å². The minimum absolute atomic E-state index is 0.0270. The standard InChI is InChI=1S/C16H24N2O3/c1-12(2)18(11-5-6-15(19)20)16(21)17(4)14-9-7-13(3)8-10-14/h7-10,12H,5-6,11H2,1-4H3,(H,19,20). The first-order valence-electron chi connectivity index (χ1n) is 7.15. The fraction of sp³-hybridized carbons (Fsp3) is 0.500. The number of carboxylic acid groups (broad SMARTS) is 1. The van der Waals surface area contributed by atoms with E-state index in [0.717, 1.165) is 11.3 Å². The third-order valence-electron chi connectivity index (χ3n) is 3.37. The smallest absolute Gasteiger partial charge is 0.324 e. The van der Waals surface area contributed by atoms with Crippen molar-refractivity contribution >= 4 is 17.7 Å². The van der Waals surface area contributed by atoms with E-state index in [1.54, 1.807) is 16.8 Å². The molecule has 1 N–H and O–H groups in total. The lowest BCUT2D eigenvalue weighted by Gasteiger charge is -2.31. The van der Waals surface area contributed by atoms with Gasteiger partial charge in [0, 0.05) is 31.7 Å². The van der Waals surface area contributed by atoms with Gasteiger partial charge in [-0.3, -0.25) is 9.69 Å². The molecule has 0 atom stereocenters. The highest BCUT2D eigenvalue weighted by atomic mass is 16.4. The number of nitrogens with zero attached hydrogens (tertiary/aromatic N) is 2. The van der Waals surface area contributed by atoms with E-state index in [1.807, 2.05) is 45.0 Å². The number of rotatable bonds is 6. The molecule has 0 spiro atoms. The lowest BCUT2D eigenvalue weighted by atomic mass is 10.2. The summed E-state index contributed by atoms with van der Waals surface area (Å²) in [5.41, 5.74) is 1.97. The molecule has 0 unspecified atom stereocenters. The fourth-order valence-corrected chi connectivity index (χ4v) is 2.05. The van der Waals surface area contributed by atoms with Crippen molar-refractivity contribution in [3.8, 4) is 0 Å². The summed E-state index contributed by atoms with van der Waals surface area (Å²) in [7, 11) is 1.74. The first kappa shape index (κ1) is 17.0. The zero-order valence-electron chi connectivity index (χ0n) is 13.2. The van der Waals surface area contributed by atoms with Crippen LogP contribution in [0.2, 0.25) is 0 Å². The maximum atomic E-state index is 12.6. The summed E-state index contributed by atoms with van der Waals surface area (Å²) in [5, 5.41) is 8.70. The number of aryl methyl sites for hydroxylation is 1. The maximum absolute atomic E-state index is 12.6. The first-order chi connectivity index (χ1) is 9.82. The molecule has 0 fully saturated rings. The minimum atomic E-state index is -0.835. The second kappa shape index (κ2) is 7.67. The molecular formula is C16H24N2O3. The first-order valence-corrected chi connectivity index (χ1v) is 7.15. The molecule has 5 nitrogen and oxygen atoms in total. The van der Waals surface area contributed by atoms with Gasteiger partial charge in [0.1, 0.15) is 0 Å². The van der Waals surface area contributed by atoms with Gasteiger partial charge in [0.25, 0.3) is 0 Å². The van der Waals surface area contributed by atoms with Crippen LogP contribution in [0.4, 0.5) is 10.5 Å². The summed E-state index contributed by atoms with van der Waals surface area (Å²) in [6.45, 7) is 6.31. The molecular weight excluding hydrogens is 268 g/mol. The van der Waals surface area contributed by atoms with Crippen molar-refractivity contribution in [2.75, 3.05) is 18.5 Å². The normalized spacial score (nSPS) is 10.5. The highest BCUT2D eigenvalue weighted by Crippen LogP contribution is 2.16. The maximum Gasteiger partial charge on any atom is 0.324 e. The Hall–Kier alpha value is -2.04. The fourth-order valence-electron chi connectivity index (χ4n) is 2.05. The Labute approximate surface area is 126 Å². The third-order valence-corrected chi connectivity index (χ3v) is 3.37. The molecule has 0 saturated heterocycles. The van der Waals surface area contributed by atoms with Crippen molar-refractivity contribution in [2.45, 2.75) is 39.7 Å². The lowest BCUT2D eigenvalue weighted by Crippen LogP contribution is -2.45. The van der Waals surface area contributed by atoms with E-state index in [0.29, 0.717) is 13.0 Å². The molecule has 0 aliphatic carbocycles. The van der Waals surface area contributed by atoms with Gasteiger partial charge in [0.2, 0.25) is 0 Å². The van der Waals surface area contributed by atoms with Crippen LogP contribution in [0, 0.1) is 6.92 Å². The van der Waals surface area contributed by atoms with Crippen LogP contribution in [0.5, 0.6) is 0 Å². The molecule has 2 amide bonds. The topological polar surface area (TPSA) is 60.9 Å². The number of carbonyl (C=O) groups is 2. The Kier molecular flexibility index (Phi) is 6.21. The molecule has 0 bridgehead atoms. The Morgan fingerprint density at radius 3 is 2.24 bits per heavy atom. The highest BCUT2D eigenvalue weighted by Gasteiger charge is 2.21. The van der Waals surface area contributed by atoms with Crippen LogP contribution >= 0.6 is 0 Å². The summed E-state index contributed by atoms with van der Waals surface area (Å²) >= 11 is 0. The van der Waals surface area contributed by atoms with E-state index < -0.39 is 5.97 Å². The van der Waals surface area contributed by atoms with Crippen molar-refractivity contribution in [1.29, 1.82) is 0 Å². The van der Waals surface area contributed by atoms with Crippen molar-refractivity contribution < 1.29 is 14.7 Å². The second-order valence-electron chi connectivity index (χ2n) is 5.46. The van der Waals surface area contributed by atoms with Gasteiger partial charge < -0.3 is 10.0 Å². The summed E-state index contributed by atoms with van der Waals surface area (Å²) in [5.74, 6) is -0.835. The van der Waals surface area contributed by atoms with Gasteiger partial charge >= 0.3 is 12.0 Å². The van der Waals surface area contributed by atoms with Crippen LogP contribution in [0.15, 0.2) is 24.3 Å². The Morgan fingerprint density at radius 1 is 1.19 bits per heavy atom. The van der Waals surface area contributed by atoms with Crippen LogP contribution in [0.3, 0.4) is 0 Å². The third kappa shape index (κ3) is 5.10. The van der Waals surface area contributed by atoms with Crippen molar-refractivity contribution in [3.63, 3.8) is 0 Å². The molecule has 0 radical (unpaired) electrons. The van der Waals surface area contributed by atoms with Crippen LogP contribution in [-0.4, -0.2) is 41.6 Å². The molecule has 21 heavy (non-hydrogen) atoms. The molecule has 0 aliphatic heterocycles. The molecule has 1 rings (SSSR count). The number of carbonyl (C=O) groups excluding carboxylic acids is 1. The Bertz CT molecular complexity index is 483. The quantitative estimate of drug-likeness (QED) is 0.876. The summed E-state index contributed by atoms with van der Waals surface area (Å²) in [6, 6.07) is 7.65. The van der Waals surface area contributed by atoms with E-state index >= 15 is 0 Å². The lowest BCUT2D eigenvalue weighted by molar-refractivity contribution is -0.137. The average molecular weight is 292 g/mol. The summed E-state index contributed by atoms with van der Waals surface area (Å²) in [6.07, 6.45) is 0.533. The Balaban J connectivity index is 2.75. The number of urea groups is 1. The zero-order chi connectivity index (χ0) is 16.0. The second-order valence-corrected chi connectivity index (χ2v) is 5.46. The van der Waals surface area contributed by atoms with E-state index in [2.05, 4.69) is 0 Å². The summed E-state index contributed by atoms with van der Waals surface area (Å²) in [4.78, 5) is 26.4. The van der Waals surface area contributed by atoms with Crippen LogP contribution in [0.25, 0.3) is 0 Å². The van der Waals surface area contributed by atoms with Gasteiger partial charge in [-0.2, -0.15) is 0 Å². The number of benzene rings is 1. The number of carboxylic acids is 1. The Morgan fingerprint density at radius 2 is 1.76 bits per heavy atom. The van der Waals surface area contributed by atoms with Gasteiger partial charge in [0.05, 0.1) is 0 Å². The molecule has 1 aromatic rings. The van der Waals surface area contributed by atoms with Crippen molar-refractivity contribution in [1.82, 2.24) is 4.90 Å². The molecule has 0 saturated carbocycles. The SMILES string of the molecule is Cc1ccc(N(C)C(=O)N(CCCC(=O)O)C(C)C)cc1. The number of aliphatic carboxylic acids is 1. The van der Waals surface area contributed by atoms with Crippen molar-refractivity contribution in [3.05, 3.63) is 29.8 Å². The van der Waals surface area contributed by atoms with Crippen molar-refractivity contribution in [2.24, 2.45) is 0 Å². The molecule has 116 valence electrons.